The van der Waals surface area contributed by atoms with Crippen molar-refractivity contribution in [2.24, 2.45) is 0 Å². The Morgan fingerprint density at radius 3 is 1.80 bits per heavy atom. The van der Waals surface area contributed by atoms with Gasteiger partial charge in [-0.15, -0.1) is 0 Å². The largest absolute Gasteiger partial charge is 0.472 e. The molecule has 3 saturated heterocycles. The average molecular weight is 678 g/mol. The molecule has 0 saturated carbocycles. The second-order valence-corrected chi connectivity index (χ2v) is 14.1. The molecule has 44 heavy (non-hydrogen) atoms. The summed E-state index contributed by atoms with van der Waals surface area (Å²) >= 11 is 3.96. The summed E-state index contributed by atoms with van der Waals surface area (Å²) in [6.07, 6.45) is -9.02. The number of halogens is 2. The van der Waals surface area contributed by atoms with E-state index in [1.165, 1.54) is 21.8 Å². The molecular formula is C20H22F2N10O9P2S. The Morgan fingerprint density at radius 1 is 0.795 bits per heavy atom. The Morgan fingerprint density at radius 2 is 1.27 bits per heavy atom. The molecule has 10 atom stereocenters. The molecule has 7 rings (SSSR count). The first-order valence-electron chi connectivity index (χ1n) is 12.7. The van der Waals surface area contributed by atoms with E-state index in [0.29, 0.717) is 0 Å². The zero-order chi connectivity index (χ0) is 31.0. The normalized spacial score (nSPS) is 38.3. The second kappa shape index (κ2) is 10.9. The lowest BCUT2D eigenvalue weighted by atomic mass is 10.1. The minimum absolute atomic E-state index is 0.0226. The van der Waals surface area contributed by atoms with Gasteiger partial charge in [-0.25, -0.2) is 47.8 Å². The second-order valence-electron chi connectivity index (χ2n) is 9.85. The SMILES string of the molecule is Nc1ncnc2c1ncn2[C@@H]1O[C@@H]2COP(=O)(O)O[C@@H]3C(CO[P@](=O)(S)O[C@H]2[C@H]1F)O[C@@H](n1cnc2c(N)ncnc21)[C@@H]3F. The van der Waals surface area contributed by atoms with Crippen molar-refractivity contribution in [1.29, 1.82) is 0 Å². The predicted molar refractivity (Wildman–Crippen MR) is 145 cm³/mol. The average Bonchev–Trinajstić information content (AvgIpc) is 3.73. The fourth-order valence-electron chi connectivity index (χ4n) is 5.17. The van der Waals surface area contributed by atoms with Gasteiger partial charge < -0.3 is 25.8 Å². The number of nitrogen functional groups attached to an aromatic ring is 2. The van der Waals surface area contributed by atoms with E-state index in [1.807, 2.05) is 0 Å². The van der Waals surface area contributed by atoms with Crippen molar-refractivity contribution in [2.75, 3.05) is 24.7 Å². The third-order valence-corrected chi connectivity index (χ3v) is 9.77. The first-order chi connectivity index (χ1) is 20.9. The van der Waals surface area contributed by atoms with Gasteiger partial charge in [-0.05, 0) is 0 Å². The maximum absolute atomic E-state index is 15.9. The number of hydrogen-bond donors (Lipinski definition) is 4. The van der Waals surface area contributed by atoms with Gasteiger partial charge in [0.1, 0.15) is 48.1 Å². The number of fused-ring (bicyclic) bond motifs is 4. The summed E-state index contributed by atoms with van der Waals surface area (Å²) in [4.78, 5) is 34.4. The van der Waals surface area contributed by atoms with Gasteiger partial charge in [0.2, 0.25) is 0 Å². The van der Waals surface area contributed by atoms with E-state index in [-0.39, 0.29) is 34.0 Å². The predicted octanol–water partition coefficient (Wildman–Crippen LogP) is 1.26. The Bertz CT molecular complexity index is 1710. The molecule has 3 fully saturated rings. The quantitative estimate of drug-likeness (QED) is 0.172. The van der Waals surface area contributed by atoms with Crippen LogP contribution >= 0.6 is 26.9 Å². The lowest BCUT2D eigenvalue weighted by Gasteiger charge is -2.27. The number of ether oxygens (including phenoxy) is 2. The van der Waals surface area contributed by atoms with Crippen LogP contribution in [0.4, 0.5) is 20.4 Å². The van der Waals surface area contributed by atoms with Crippen molar-refractivity contribution in [2.45, 2.75) is 49.2 Å². The summed E-state index contributed by atoms with van der Waals surface area (Å²) in [5.41, 5.74) is 12.1. The number of nitrogens with zero attached hydrogens (tertiary/aromatic N) is 8. The van der Waals surface area contributed by atoms with E-state index in [0.717, 1.165) is 12.7 Å². The lowest BCUT2D eigenvalue weighted by molar-refractivity contribution is -0.0605. The van der Waals surface area contributed by atoms with E-state index in [9.17, 15) is 14.0 Å². The number of phosphoric ester groups is 1. The molecule has 4 aromatic rings. The summed E-state index contributed by atoms with van der Waals surface area (Å²) in [6, 6.07) is 0. The fraction of sp³-hybridized carbons (Fsp3) is 0.500. The van der Waals surface area contributed by atoms with Crippen molar-refractivity contribution in [3.63, 3.8) is 0 Å². The molecule has 4 aromatic heterocycles. The van der Waals surface area contributed by atoms with Gasteiger partial charge in [0, 0.05) is 0 Å². The van der Waals surface area contributed by atoms with Crippen LogP contribution in [0.3, 0.4) is 0 Å². The van der Waals surface area contributed by atoms with Crippen LogP contribution in [0.25, 0.3) is 22.3 Å². The van der Waals surface area contributed by atoms with Crippen LogP contribution in [0.15, 0.2) is 25.3 Å². The number of hydrogen-bond acceptors (Lipinski definition) is 16. The Kier molecular flexibility index (Phi) is 7.35. The molecule has 0 aliphatic carbocycles. The van der Waals surface area contributed by atoms with Gasteiger partial charge >= 0.3 is 14.6 Å². The first-order valence-corrected chi connectivity index (χ1v) is 16.9. The summed E-state index contributed by atoms with van der Waals surface area (Å²) in [5, 5.41) is 0. The highest BCUT2D eigenvalue weighted by atomic mass is 32.7. The zero-order valence-corrected chi connectivity index (χ0v) is 24.6. The van der Waals surface area contributed by atoms with Crippen LogP contribution in [0.2, 0.25) is 0 Å². The van der Waals surface area contributed by atoms with Crippen LogP contribution < -0.4 is 11.5 Å². The van der Waals surface area contributed by atoms with Gasteiger partial charge in [0.15, 0.2) is 47.7 Å². The number of anilines is 2. The standard InChI is InChI=1S/C20H22F2N10O9P2S/c21-9-13-8(39-19(9)31-5-29-11-15(23)25-3-27-17(11)31)2-37-43(35,44)41-14-7(1-36-42(33,34)40-13)38-20(10(14)22)32-6-30-12-16(24)26-4-28-18(12)32/h3-10,13-14,19-20H,1-2H2,(H,33,34)(H,35,44)(H2,23,25,27)(H2,24,26,28)/t7-,8?,9-,10-,13-,14-,19-,20-,43+/m1/s1. The first kappa shape index (κ1) is 29.8. The van der Waals surface area contributed by atoms with Crippen LogP contribution in [-0.2, 0) is 36.7 Å². The van der Waals surface area contributed by atoms with Crippen molar-refractivity contribution < 1.29 is 50.4 Å². The fourth-order valence-corrected chi connectivity index (χ4v) is 7.61. The smallest absolute Gasteiger partial charge is 0.382 e. The van der Waals surface area contributed by atoms with Gasteiger partial charge in [-0.3, -0.25) is 27.2 Å². The number of imidazole rings is 2. The summed E-state index contributed by atoms with van der Waals surface area (Å²) in [7, 11) is -5.08. The van der Waals surface area contributed by atoms with Crippen molar-refractivity contribution in [1.82, 2.24) is 39.0 Å². The lowest BCUT2D eigenvalue weighted by Crippen LogP contribution is -2.37. The molecule has 3 aliphatic heterocycles. The van der Waals surface area contributed by atoms with Crippen LogP contribution in [0.5, 0.6) is 0 Å². The molecule has 24 heteroatoms. The summed E-state index contributed by atoms with van der Waals surface area (Å²) < 4.78 is 93.0. The number of thiol groups is 1. The Labute approximate surface area is 249 Å². The number of alkyl halides is 2. The van der Waals surface area contributed by atoms with Crippen molar-refractivity contribution in [3.05, 3.63) is 25.3 Å². The topological polar surface area (TPSA) is 249 Å². The van der Waals surface area contributed by atoms with Gasteiger partial charge in [-0.2, -0.15) is 0 Å². The molecular weight excluding hydrogens is 656 g/mol. The summed E-state index contributed by atoms with van der Waals surface area (Å²) in [6.45, 7) is -5.98. The van der Waals surface area contributed by atoms with Gasteiger partial charge in [-0.1, -0.05) is 12.2 Å². The molecule has 0 spiro atoms. The third-order valence-electron chi connectivity index (χ3n) is 7.17. The highest BCUT2D eigenvalue weighted by Crippen LogP contribution is 2.58. The molecule has 0 bridgehead atoms. The maximum Gasteiger partial charge on any atom is 0.472 e. The maximum atomic E-state index is 15.9. The Hall–Kier alpha value is -2.91. The highest BCUT2D eigenvalue weighted by molar-refractivity contribution is 8.44. The number of rotatable bonds is 2. The van der Waals surface area contributed by atoms with E-state index < -0.39 is 77.0 Å². The summed E-state index contributed by atoms with van der Waals surface area (Å²) in [5.74, 6) is 0.0501. The zero-order valence-electron chi connectivity index (χ0n) is 21.9. The highest BCUT2D eigenvalue weighted by Gasteiger charge is 2.54. The molecule has 236 valence electrons. The molecule has 2 unspecified atom stereocenters. The minimum Gasteiger partial charge on any atom is -0.382 e. The number of phosphoric acid groups is 1. The monoisotopic (exact) mass is 678 g/mol. The number of aromatic nitrogens is 8. The minimum atomic E-state index is -5.08. The van der Waals surface area contributed by atoms with Crippen LogP contribution in [0, 0.1) is 0 Å². The van der Waals surface area contributed by atoms with Crippen LogP contribution in [0.1, 0.15) is 12.5 Å². The van der Waals surface area contributed by atoms with Crippen molar-refractivity contribution in [3.8, 4) is 0 Å². The third kappa shape index (κ3) is 5.14. The molecule has 5 N–H and O–H groups in total. The van der Waals surface area contributed by atoms with E-state index in [1.54, 1.807) is 0 Å². The Balaban J connectivity index is 1.17. The molecule has 0 amide bonds. The van der Waals surface area contributed by atoms with Gasteiger partial charge in [0.05, 0.1) is 25.9 Å². The molecule has 7 heterocycles. The molecule has 0 aromatic carbocycles. The van der Waals surface area contributed by atoms with Gasteiger partial charge in [0.25, 0.3) is 0 Å². The van der Waals surface area contributed by atoms with Crippen LogP contribution in [-0.4, -0.2) is 93.9 Å². The van der Waals surface area contributed by atoms with E-state index >= 15 is 8.78 Å². The molecule has 0 radical (unpaired) electrons. The molecule has 3 aliphatic rings. The van der Waals surface area contributed by atoms with Crippen molar-refractivity contribution >= 4 is 60.8 Å². The van der Waals surface area contributed by atoms with E-state index in [2.05, 4.69) is 42.2 Å². The van der Waals surface area contributed by atoms with E-state index in [4.69, 9.17) is 39.0 Å². The molecule has 19 nitrogen and oxygen atoms in total. The number of nitrogens with two attached hydrogens (primary N) is 2.